The number of hydrogen-bond donors (Lipinski definition) is 2. The van der Waals surface area contributed by atoms with Crippen LogP contribution in [0.5, 0.6) is 5.75 Å². The van der Waals surface area contributed by atoms with Gasteiger partial charge in [-0.3, -0.25) is 9.78 Å². The number of amides is 1. The molecular formula is C20H22N4O5S. The molecule has 3 heterocycles. The van der Waals surface area contributed by atoms with E-state index in [0.29, 0.717) is 5.75 Å². The smallest absolute Gasteiger partial charge is 0.292 e. The van der Waals surface area contributed by atoms with Crippen LogP contribution in [-0.2, 0) is 16.6 Å². The van der Waals surface area contributed by atoms with E-state index in [4.69, 9.17) is 9.15 Å². The highest BCUT2D eigenvalue weighted by Gasteiger charge is 2.26. The Hall–Kier alpha value is -3.24. The molecule has 2 N–H and O–H groups in total. The van der Waals surface area contributed by atoms with E-state index < -0.39 is 21.5 Å². The summed E-state index contributed by atoms with van der Waals surface area (Å²) in [6.07, 6.45) is 4.81. The Morgan fingerprint density at radius 2 is 1.83 bits per heavy atom. The molecule has 0 aliphatic heterocycles. The quantitative estimate of drug-likeness (QED) is 0.590. The normalized spacial score (nSPS) is 11.8. The SMILES string of the molecule is CC(C)(C)NS(=O)(=O)c1ccc(C(=O)Nc2ncccc2OCc2ccncc2)o1. The van der Waals surface area contributed by atoms with E-state index in [1.54, 1.807) is 45.3 Å². The molecule has 30 heavy (non-hydrogen) atoms. The molecule has 0 aliphatic rings. The summed E-state index contributed by atoms with van der Waals surface area (Å²) in [6, 6.07) is 9.47. The van der Waals surface area contributed by atoms with Gasteiger partial charge in [0.1, 0.15) is 6.61 Å². The fraction of sp³-hybridized carbons (Fsp3) is 0.250. The average Bonchev–Trinajstić information content (AvgIpc) is 3.18. The van der Waals surface area contributed by atoms with Crippen molar-refractivity contribution < 1.29 is 22.4 Å². The Morgan fingerprint density at radius 3 is 2.53 bits per heavy atom. The van der Waals surface area contributed by atoms with Gasteiger partial charge in [-0.1, -0.05) is 0 Å². The summed E-state index contributed by atoms with van der Waals surface area (Å²) >= 11 is 0. The molecule has 0 fully saturated rings. The third-order valence-corrected chi connectivity index (χ3v) is 5.29. The van der Waals surface area contributed by atoms with Gasteiger partial charge in [0.2, 0.25) is 5.09 Å². The zero-order valence-corrected chi connectivity index (χ0v) is 17.6. The number of nitrogens with one attached hydrogen (secondary N) is 2. The number of aromatic nitrogens is 2. The van der Waals surface area contributed by atoms with Gasteiger partial charge in [-0.2, -0.15) is 0 Å². The molecule has 158 valence electrons. The Morgan fingerprint density at radius 1 is 1.10 bits per heavy atom. The van der Waals surface area contributed by atoms with Crippen LogP contribution in [-0.4, -0.2) is 29.8 Å². The first-order valence-electron chi connectivity index (χ1n) is 9.06. The fourth-order valence-corrected chi connectivity index (χ4v) is 3.80. The van der Waals surface area contributed by atoms with Crippen LogP contribution in [0.25, 0.3) is 0 Å². The number of carbonyl (C=O) groups is 1. The Kier molecular flexibility index (Phi) is 6.18. The number of ether oxygens (including phenoxy) is 1. The van der Waals surface area contributed by atoms with Crippen molar-refractivity contribution in [2.45, 2.75) is 38.0 Å². The first kappa shape index (κ1) is 21.5. The van der Waals surface area contributed by atoms with E-state index >= 15 is 0 Å². The van der Waals surface area contributed by atoms with Gasteiger partial charge in [0.15, 0.2) is 17.3 Å². The summed E-state index contributed by atoms with van der Waals surface area (Å²) in [6.45, 7) is 5.37. The molecule has 9 nitrogen and oxygen atoms in total. The third-order valence-electron chi connectivity index (χ3n) is 3.66. The van der Waals surface area contributed by atoms with Crippen LogP contribution in [0, 0.1) is 0 Å². The van der Waals surface area contributed by atoms with E-state index in [-0.39, 0.29) is 23.3 Å². The van der Waals surface area contributed by atoms with E-state index in [9.17, 15) is 13.2 Å². The van der Waals surface area contributed by atoms with Gasteiger partial charge in [0, 0.05) is 24.1 Å². The van der Waals surface area contributed by atoms with Crippen molar-refractivity contribution in [1.82, 2.24) is 14.7 Å². The molecule has 3 aromatic heterocycles. The van der Waals surface area contributed by atoms with Crippen LogP contribution < -0.4 is 14.8 Å². The van der Waals surface area contributed by atoms with E-state index in [2.05, 4.69) is 20.0 Å². The molecule has 0 aromatic carbocycles. The first-order chi connectivity index (χ1) is 14.1. The molecule has 1 amide bonds. The number of pyridine rings is 2. The zero-order chi connectivity index (χ0) is 21.8. The van der Waals surface area contributed by atoms with Crippen molar-refractivity contribution in [3.63, 3.8) is 0 Å². The molecule has 3 aromatic rings. The second kappa shape index (κ2) is 8.64. The van der Waals surface area contributed by atoms with Gasteiger partial charge in [-0.25, -0.2) is 18.1 Å². The summed E-state index contributed by atoms with van der Waals surface area (Å²) in [5.74, 6) is -0.281. The summed E-state index contributed by atoms with van der Waals surface area (Å²) in [5, 5.41) is 2.23. The number of anilines is 1. The molecule has 0 unspecified atom stereocenters. The molecule has 0 saturated carbocycles. The monoisotopic (exact) mass is 430 g/mol. The number of carbonyl (C=O) groups excluding carboxylic acids is 1. The minimum Gasteiger partial charge on any atom is -0.485 e. The lowest BCUT2D eigenvalue weighted by Crippen LogP contribution is -2.40. The number of furan rings is 1. The molecule has 0 atom stereocenters. The van der Waals surface area contributed by atoms with Crippen LogP contribution in [0.15, 0.2) is 64.5 Å². The van der Waals surface area contributed by atoms with Crippen molar-refractivity contribution in [1.29, 1.82) is 0 Å². The van der Waals surface area contributed by atoms with Crippen molar-refractivity contribution in [2.75, 3.05) is 5.32 Å². The van der Waals surface area contributed by atoms with Crippen molar-refractivity contribution in [2.24, 2.45) is 0 Å². The first-order valence-corrected chi connectivity index (χ1v) is 10.5. The molecule has 0 bridgehead atoms. The minimum absolute atomic E-state index is 0.171. The molecule has 0 spiro atoms. The van der Waals surface area contributed by atoms with Gasteiger partial charge >= 0.3 is 0 Å². The van der Waals surface area contributed by atoms with Crippen molar-refractivity contribution in [3.05, 3.63) is 66.3 Å². The van der Waals surface area contributed by atoms with E-state index in [1.165, 1.54) is 18.3 Å². The van der Waals surface area contributed by atoms with Gasteiger partial charge in [0.05, 0.1) is 0 Å². The lowest BCUT2D eigenvalue weighted by atomic mass is 10.1. The molecule has 0 aliphatic carbocycles. The van der Waals surface area contributed by atoms with E-state index in [1.807, 2.05) is 12.1 Å². The largest absolute Gasteiger partial charge is 0.485 e. The summed E-state index contributed by atoms with van der Waals surface area (Å²) in [5.41, 5.74) is 0.210. The van der Waals surface area contributed by atoms with Crippen molar-refractivity contribution in [3.8, 4) is 5.75 Å². The van der Waals surface area contributed by atoms with Crippen LogP contribution in [0.3, 0.4) is 0 Å². The van der Waals surface area contributed by atoms with Gasteiger partial charge in [-0.05, 0) is 62.7 Å². The lowest BCUT2D eigenvalue weighted by molar-refractivity contribution is 0.0990. The van der Waals surface area contributed by atoms with Gasteiger partial charge < -0.3 is 14.5 Å². The second-order valence-corrected chi connectivity index (χ2v) is 9.04. The lowest BCUT2D eigenvalue weighted by Gasteiger charge is -2.18. The molecule has 10 heteroatoms. The highest BCUT2D eigenvalue weighted by Crippen LogP contribution is 2.24. The van der Waals surface area contributed by atoms with Crippen LogP contribution in [0.1, 0.15) is 36.9 Å². The summed E-state index contributed by atoms with van der Waals surface area (Å²) < 4.78 is 38.1. The maximum atomic E-state index is 12.5. The topological polar surface area (TPSA) is 123 Å². The molecule has 0 saturated heterocycles. The predicted molar refractivity (Wildman–Crippen MR) is 110 cm³/mol. The maximum absolute atomic E-state index is 12.5. The van der Waals surface area contributed by atoms with Gasteiger partial charge in [0.25, 0.3) is 15.9 Å². The fourth-order valence-electron chi connectivity index (χ4n) is 2.45. The Bertz CT molecular complexity index is 1120. The number of rotatable bonds is 7. The average molecular weight is 430 g/mol. The standard InChI is InChI=1S/C20H22N4O5S/c1-20(2,3)24-30(26,27)17-7-6-16(29-17)19(25)23-18-15(5-4-10-22-18)28-13-14-8-11-21-12-9-14/h4-12,24H,13H2,1-3H3,(H,22,23,25). The van der Waals surface area contributed by atoms with Crippen LogP contribution in [0.4, 0.5) is 5.82 Å². The number of hydrogen-bond acceptors (Lipinski definition) is 7. The number of sulfonamides is 1. The third kappa shape index (κ3) is 5.65. The second-order valence-electron chi connectivity index (χ2n) is 7.42. The Labute approximate surface area is 174 Å². The molecule has 3 rings (SSSR count). The predicted octanol–water partition coefficient (Wildman–Crippen LogP) is 2.98. The highest BCUT2D eigenvalue weighted by atomic mass is 32.2. The number of nitrogens with zero attached hydrogens (tertiary/aromatic N) is 2. The Balaban J connectivity index is 1.72. The van der Waals surface area contributed by atoms with Gasteiger partial charge in [-0.15, -0.1) is 0 Å². The summed E-state index contributed by atoms with van der Waals surface area (Å²) in [4.78, 5) is 20.6. The van der Waals surface area contributed by atoms with Crippen molar-refractivity contribution >= 4 is 21.7 Å². The van der Waals surface area contributed by atoms with E-state index in [0.717, 1.165) is 5.56 Å². The maximum Gasteiger partial charge on any atom is 0.292 e. The minimum atomic E-state index is -3.89. The van der Waals surface area contributed by atoms with Crippen LogP contribution >= 0.6 is 0 Å². The zero-order valence-electron chi connectivity index (χ0n) is 16.7. The van der Waals surface area contributed by atoms with Crippen LogP contribution in [0.2, 0.25) is 0 Å². The highest BCUT2D eigenvalue weighted by molar-refractivity contribution is 7.89. The molecule has 0 radical (unpaired) electrons. The molecular weight excluding hydrogens is 408 g/mol. The summed E-state index contributed by atoms with van der Waals surface area (Å²) in [7, 11) is -3.89.